The maximum absolute atomic E-state index is 2.34. The molecule has 0 nitrogen and oxygen atoms in total. The Hall–Kier alpha value is -4.68. The van der Waals surface area contributed by atoms with Crippen LogP contribution in [0.25, 0.3) is 30.4 Å². The lowest BCUT2D eigenvalue weighted by molar-refractivity contribution is 0.692. The standard InChI is InChI=1S/C41H38/c1-5-7-33-12-14-34(15-13-33)16-17-35-20-26-39(27-21-35)41(4,38-24-10-31(2)11-25-38)40-28-22-36(23-29-40)18-19-37-9-6-8-32(3)30-37/h5-30H,1-4H3. The summed E-state index contributed by atoms with van der Waals surface area (Å²) in [7, 11) is 0. The molecule has 0 spiro atoms. The first-order valence-corrected chi connectivity index (χ1v) is 14.4. The van der Waals surface area contributed by atoms with Crippen LogP contribution >= 0.6 is 0 Å². The SMILES string of the molecule is CC=Cc1ccc(C=Cc2ccc(C(C)(c3ccc(C)cc3)c3ccc(C=Cc4cccc(C)c4)cc3)cc2)cc1. The van der Waals surface area contributed by atoms with E-state index in [1.165, 1.54) is 55.6 Å². The molecule has 0 heterocycles. The minimum atomic E-state index is -0.280. The average Bonchev–Trinajstić information content (AvgIpc) is 3.00. The Balaban J connectivity index is 1.43. The maximum Gasteiger partial charge on any atom is 0.0423 e. The third-order valence-corrected chi connectivity index (χ3v) is 7.88. The zero-order valence-electron chi connectivity index (χ0n) is 24.5. The molecule has 0 N–H and O–H groups in total. The van der Waals surface area contributed by atoms with Crippen LogP contribution in [0.5, 0.6) is 0 Å². The summed E-state index contributed by atoms with van der Waals surface area (Å²) in [6.45, 7) is 8.66. The fourth-order valence-corrected chi connectivity index (χ4v) is 5.31. The van der Waals surface area contributed by atoms with Crippen LogP contribution in [-0.4, -0.2) is 0 Å². The quantitative estimate of drug-likeness (QED) is 0.138. The minimum absolute atomic E-state index is 0.280. The zero-order chi connectivity index (χ0) is 28.7. The van der Waals surface area contributed by atoms with Gasteiger partial charge in [-0.3, -0.25) is 0 Å². The van der Waals surface area contributed by atoms with E-state index >= 15 is 0 Å². The van der Waals surface area contributed by atoms with Gasteiger partial charge in [-0.1, -0.05) is 169 Å². The molecule has 0 aliphatic heterocycles. The normalized spacial score (nSPS) is 13.3. The smallest absolute Gasteiger partial charge is 0.0423 e. The molecule has 0 aromatic heterocycles. The largest absolute Gasteiger partial charge is 0.0871 e. The molecule has 0 aliphatic rings. The third kappa shape index (κ3) is 6.73. The van der Waals surface area contributed by atoms with Gasteiger partial charge in [0.1, 0.15) is 0 Å². The second kappa shape index (κ2) is 12.7. The van der Waals surface area contributed by atoms with Gasteiger partial charge in [0.15, 0.2) is 0 Å². The molecule has 0 saturated carbocycles. The number of rotatable bonds is 8. The maximum atomic E-state index is 2.34. The highest BCUT2D eigenvalue weighted by Gasteiger charge is 2.31. The van der Waals surface area contributed by atoms with Gasteiger partial charge in [-0.05, 0) is 72.2 Å². The molecule has 0 saturated heterocycles. The first-order valence-electron chi connectivity index (χ1n) is 14.4. The van der Waals surface area contributed by atoms with E-state index in [4.69, 9.17) is 0 Å². The Morgan fingerprint density at radius 2 is 0.805 bits per heavy atom. The van der Waals surface area contributed by atoms with E-state index in [9.17, 15) is 0 Å². The van der Waals surface area contributed by atoms with Crippen molar-refractivity contribution in [3.8, 4) is 0 Å². The van der Waals surface area contributed by atoms with E-state index in [0.717, 1.165) is 0 Å². The number of benzene rings is 5. The molecule has 202 valence electrons. The van der Waals surface area contributed by atoms with E-state index in [1.807, 2.05) is 6.92 Å². The Bertz CT molecular complexity index is 1660. The fraction of sp³-hybridized carbons (Fsp3) is 0.122. The van der Waals surface area contributed by atoms with Crippen molar-refractivity contribution in [1.29, 1.82) is 0 Å². The molecule has 0 fully saturated rings. The summed E-state index contributed by atoms with van der Waals surface area (Å²) in [5.41, 5.74) is 12.1. The monoisotopic (exact) mass is 530 g/mol. The molecule has 5 aromatic carbocycles. The second-order valence-electron chi connectivity index (χ2n) is 11.0. The first-order chi connectivity index (χ1) is 19.9. The predicted octanol–water partition coefficient (Wildman–Crippen LogP) is 11.0. The van der Waals surface area contributed by atoms with Gasteiger partial charge >= 0.3 is 0 Å². The molecule has 0 aliphatic carbocycles. The Morgan fingerprint density at radius 3 is 1.24 bits per heavy atom. The molecule has 5 aromatic rings. The molecule has 1 atom stereocenters. The number of allylic oxidation sites excluding steroid dienone is 1. The topological polar surface area (TPSA) is 0 Å². The van der Waals surface area contributed by atoms with E-state index < -0.39 is 0 Å². The highest BCUT2D eigenvalue weighted by molar-refractivity contribution is 5.72. The molecule has 1 unspecified atom stereocenters. The number of hydrogen-bond acceptors (Lipinski definition) is 0. The number of aryl methyl sites for hydroxylation is 2. The summed E-state index contributed by atoms with van der Waals surface area (Å²) >= 11 is 0. The van der Waals surface area contributed by atoms with Crippen molar-refractivity contribution < 1.29 is 0 Å². The molecule has 0 amide bonds. The summed E-state index contributed by atoms with van der Waals surface area (Å²) in [4.78, 5) is 0. The molecule has 0 radical (unpaired) electrons. The second-order valence-corrected chi connectivity index (χ2v) is 11.0. The molecule has 41 heavy (non-hydrogen) atoms. The predicted molar refractivity (Wildman–Crippen MR) is 180 cm³/mol. The van der Waals surface area contributed by atoms with Crippen LogP contribution in [0.15, 0.2) is 127 Å². The lowest BCUT2D eigenvalue weighted by Gasteiger charge is -2.32. The highest BCUT2D eigenvalue weighted by Crippen LogP contribution is 2.39. The van der Waals surface area contributed by atoms with Gasteiger partial charge in [-0.15, -0.1) is 0 Å². The van der Waals surface area contributed by atoms with Crippen molar-refractivity contribution in [3.63, 3.8) is 0 Å². The van der Waals surface area contributed by atoms with Gasteiger partial charge in [0.25, 0.3) is 0 Å². The summed E-state index contributed by atoms with van der Waals surface area (Å²) in [5.74, 6) is 0. The van der Waals surface area contributed by atoms with Crippen molar-refractivity contribution in [1.82, 2.24) is 0 Å². The van der Waals surface area contributed by atoms with Crippen LogP contribution in [0.3, 0.4) is 0 Å². The zero-order valence-corrected chi connectivity index (χ0v) is 24.5. The van der Waals surface area contributed by atoms with E-state index in [2.05, 4.69) is 179 Å². The van der Waals surface area contributed by atoms with Crippen LogP contribution in [0.2, 0.25) is 0 Å². The Labute approximate surface area is 246 Å². The van der Waals surface area contributed by atoms with Crippen LogP contribution in [0.4, 0.5) is 0 Å². The van der Waals surface area contributed by atoms with Gasteiger partial charge in [-0.2, -0.15) is 0 Å². The summed E-state index contributed by atoms with van der Waals surface area (Å²) in [6, 6.07) is 44.2. The molecular formula is C41H38. The molecule has 0 heteroatoms. The van der Waals surface area contributed by atoms with E-state index in [-0.39, 0.29) is 5.41 Å². The van der Waals surface area contributed by atoms with Gasteiger partial charge in [0.05, 0.1) is 0 Å². The lowest BCUT2D eigenvalue weighted by Crippen LogP contribution is -2.25. The van der Waals surface area contributed by atoms with Crippen molar-refractivity contribution >= 4 is 30.4 Å². The number of hydrogen-bond donors (Lipinski definition) is 0. The third-order valence-electron chi connectivity index (χ3n) is 7.88. The van der Waals surface area contributed by atoms with Crippen LogP contribution < -0.4 is 0 Å². The summed E-state index contributed by atoms with van der Waals surface area (Å²) < 4.78 is 0. The van der Waals surface area contributed by atoms with Gasteiger partial charge in [0, 0.05) is 5.41 Å². The molecule has 5 rings (SSSR count). The van der Waals surface area contributed by atoms with Crippen molar-refractivity contribution in [2.45, 2.75) is 33.1 Å². The first kappa shape index (κ1) is 27.9. The fourth-order valence-electron chi connectivity index (χ4n) is 5.31. The summed E-state index contributed by atoms with van der Waals surface area (Å²) in [6.07, 6.45) is 12.9. The van der Waals surface area contributed by atoms with Crippen LogP contribution in [0.1, 0.15) is 69.5 Å². The Kier molecular flexibility index (Phi) is 8.61. The highest BCUT2D eigenvalue weighted by atomic mass is 14.3. The molecule has 0 bridgehead atoms. The van der Waals surface area contributed by atoms with Gasteiger partial charge < -0.3 is 0 Å². The Morgan fingerprint density at radius 1 is 0.415 bits per heavy atom. The molecular weight excluding hydrogens is 492 g/mol. The van der Waals surface area contributed by atoms with Crippen LogP contribution in [-0.2, 0) is 5.41 Å². The van der Waals surface area contributed by atoms with Crippen molar-refractivity contribution in [2.75, 3.05) is 0 Å². The van der Waals surface area contributed by atoms with Crippen LogP contribution in [0, 0.1) is 13.8 Å². The minimum Gasteiger partial charge on any atom is -0.0871 e. The van der Waals surface area contributed by atoms with Gasteiger partial charge in [0.2, 0.25) is 0 Å². The lowest BCUT2D eigenvalue weighted by atomic mass is 9.70. The van der Waals surface area contributed by atoms with E-state index in [1.54, 1.807) is 0 Å². The van der Waals surface area contributed by atoms with E-state index in [0.29, 0.717) is 0 Å². The van der Waals surface area contributed by atoms with Crippen molar-refractivity contribution in [3.05, 3.63) is 183 Å². The average molecular weight is 531 g/mol. The van der Waals surface area contributed by atoms with Gasteiger partial charge in [-0.25, -0.2) is 0 Å². The van der Waals surface area contributed by atoms with Crippen molar-refractivity contribution in [2.24, 2.45) is 0 Å². The summed E-state index contributed by atoms with van der Waals surface area (Å²) in [5, 5.41) is 0.